The molecular weight excluding hydrogens is 442 g/mol. The number of nitrogens with zero attached hydrogens (tertiary/aromatic N) is 2. The second kappa shape index (κ2) is 11.9. The molecule has 0 spiro atoms. The van der Waals surface area contributed by atoms with Crippen molar-refractivity contribution in [3.05, 3.63) is 78.8 Å². The van der Waals surface area contributed by atoms with Crippen LogP contribution in [0.5, 0.6) is 0 Å². The first-order chi connectivity index (χ1) is 16.4. The monoisotopic (exact) mass is 469 g/mol. The molecule has 0 bridgehead atoms. The SMILES string of the molecule is [CH2]CCC[C@H](COC(=O)Nc1cc2ccccc2cn1)N(C)C(=O)NCc1cccc(F)c1F. The lowest BCUT2D eigenvalue weighted by Gasteiger charge is -2.28. The van der Waals surface area contributed by atoms with Crippen molar-refractivity contribution in [2.24, 2.45) is 0 Å². The van der Waals surface area contributed by atoms with Crippen molar-refractivity contribution in [1.82, 2.24) is 15.2 Å². The lowest BCUT2D eigenvalue weighted by atomic mass is 10.1. The number of urea groups is 1. The first-order valence-electron chi connectivity index (χ1n) is 10.9. The molecule has 0 unspecified atom stereocenters. The number of unbranched alkanes of at least 4 members (excludes halogenated alkanes) is 1. The number of fused-ring (bicyclic) bond motifs is 1. The molecule has 3 aromatic rings. The van der Waals surface area contributed by atoms with Crippen molar-refractivity contribution >= 4 is 28.7 Å². The summed E-state index contributed by atoms with van der Waals surface area (Å²) in [7, 11) is 1.55. The molecule has 0 aliphatic rings. The Morgan fingerprint density at radius 1 is 1.15 bits per heavy atom. The van der Waals surface area contributed by atoms with Crippen LogP contribution in [-0.4, -0.2) is 41.7 Å². The standard InChI is InChI=1S/C25H27F2N4O3/c1-3-4-11-20(31(2)24(32)29-15-19-10-7-12-21(26)23(19)27)16-34-25(33)30-22-13-17-8-5-6-9-18(17)14-28-22/h5-10,12-14,20H,1,3-4,11,15-16H2,2H3,(H,29,32)(H,28,30,33)/t20-/m1/s1. The Morgan fingerprint density at radius 3 is 2.68 bits per heavy atom. The molecule has 9 heteroatoms. The summed E-state index contributed by atoms with van der Waals surface area (Å²) >= 11 is 0. The summed E-state index contributed by atoms with van der Waals surface area (Å²) in [5.74, 6) is -1.63. The molecule has 1 aromatic heterocycles. The van der Waals surface area contributed by atoms with Gasteiger partial charge in [-0.05, 0) is 23.9 Å². The zero-order chi connectivity index (χ0) is 24.5. The van der Waals surface area contributed by atoms with Crippen molar-refractivity contribution in [2.75, 3.05) is 19.0 Å². The topological polar surface area (TPSA) is 83.6 Å². The number of hydrogen-bond acceptors (Lipinski definition) is 4. The fraction of sp³-hybridized carbons (Fsp3) is 0.280. The molecule has 1 heterocycles. The highest BCUT2D eigenvalue weighted by Crippen LogP contribution is 2.17. The second-order valence-corrected chi connectivity index (χ2v) is 7.77. The van der Waals surface area contributed by atoms with Gasteiger partial charge in [0.05, 0.1) is 6.04 Å². The minimum Gasteiger partial charge on any atom is -0.447 e. The van der Waals surface area contributed by atoms with Crippen LogP contribution < -0.4 is 10.6 Å². The minimum absolute atomic E-state index is 0.0366. The molecular formula is C25H27F2N4O3. The quantitative estimate of drug-likeness (QED) is 0.447. The van der Waals surface area contributed by atoms with Crippen LogP contribution in [0.15, 0.2) is 54.7 Å². The van der Waals surface area contributed by atoms with E-state index in [0.717, 1.165) is 16.8 Å². The number of aromatic nitrogens is 1. The highest BCUT2D eigenvalue weighted by molar-refractivity contribution is 5.89. The van der Waals surface area contributed by atoms with Crippen molar-refractivity contribution in [3.63, 3.8) is 0 Å². The van der Waals surface area contributed by atoms with Crippen LogP contribution in [0.4, 0.5) is 24.2 Å². The molecule has 7 nitrogen and oxygen atoms in total. The molecule has 0 saturated heterocycles. The van der Waals surface area contributed by atoms with Gasteiger partial charge in [-0.2, -0.15) is 0 Å². The maximum Gasteiger partial charge on any atom is 0.412 e. The third-order valence-electron chi connectivity index (χ3n) is 5.38. The average molecular weight is 470 g/mol. The van der Waals surface area contributed by atoms with E-state index in [-0.39, 0.29) is 18.7 Å². The third-order valence-corrected chi connectivity index (χ3v) is 5.38. The van der Waals surface area contributed by atoms with Gasteiger partial charge in [0, 0.05) is 30.7 Å². The predicted octanol–water partition coefficient (Wildman–Crippen LogP) is 5.28. The number of nitrogens with one attached hydrogen (secondary N) is 2. The van der Waals surface area contributed by atoms with E-state index in [4.69, 9.17) is 4.74 Å². The van der Waals surface area contributed by atoms with E-state index in [1.165, 1.54) is 17.0 Å². The number of benzene rings is 2. The Balaban J connectivity index is 1.56. The van der Waals surface area contributed by atoms with Crippen LogP contribution in [0.25, 0.3) is 10.8 Å². The fourth-order valence-corrected chi connectivity index (χ4v) is 3.38. The van der Waals surface area contributed by atoms with Gasteiger partial charge in [-0.3, -0.25) is 5.32 Å². The summed E-state index contributed by atoms with van der Waals surface area (Å²) in [4.78, 5) is 30.5. The summed E-state index contributed by atoms with van der Waals surface area (Å²) in [6.45, 7) is 3.57. The van der Waals surface area contributed by atoms with Crippen LogP contribution in [0, 0.1) is 18.6 Å². The molecule has 0 aliphatic carbocycles. The molecule has 1 atom stereocenters. The van der Waals surface area contributed by atoms with Crippen molar-refractivity contribution < 1.29 is 23.1 Å². The van der Waals surface area contributed by atoms with E-state index in [9.17, 15) is 18.4 Å². The number of rotatable bonds is 9. The molecule has 3 rings (SSSR count). The zero-order valence-electron chi connectivity index (χ0n) is 18.9. The number of ether oxygens (including phenoxy) is 1. The molecule has 179 valence electrons. The van der Waals surface area contributed by atoms with E-state index in [2.05, 4.69) is 22.5 Å². The van der Waals surface area contributed by atoms with E-state index < -0.39 is 29.8 Å². The van der Waals surface area contributed by atoms with Gasteiger partial charge >= 0.3 is 12.1 Å². The number of pyridine rings is 1. The van der Waals surface area contributed by atoms with E-state index in [1.54, 1.807) is 19.3 Å². The predicted molar refractivity (Wildman–Crippen MR) is 126 cm³/mol. The first-order valence-corrected chi connectivity index (χ1v) is 10.9. The zero-order valence-corrected chi connectivity index (χ0v) is 18.9. The summed E-state index contributed by atoms with van der Waals surface area (Å²) in [5.41, 5.74) is 0.0366. The van der Waals surface area contributed by atoms with Gasteiger partial charge in [-0.1, -0.05) is 56.2 Å². The number of halogens is 2. The van der Waals surface area contributed by atoms with E-state index in [0.29, 0.717) is 25.1 Å². The number of anilines is 1. The molecule has 0 fully saturated rings. The highest BCUT2D eigenvalue weighted by atomic mass is 19.2. The van der Waals surface area contributed by atoms with Gasteiger partial charge in [-0.25, -0.2) is 23.4 Å². The third kappa shape index (κ3) is 6.63. The van der Waals surface area contributed by atoms with Gasteiger partial charge in [-0.15, -0.1) is 0 Å². The lowest BCUT2D eigenvalue weighted by Crippen LogP contribution is -2.46. The van der Waals surface area contributed by atoms with Crippen molar-refractivity contribution in [3.8, 4) is 0 Å². The summed E-state index contributed by atoms with van der Waals surface area (Å²) < 4.78 is 32.6. The molecule has 0 aliphatic heterocycles. The van der Waals surface area contributed by atoms with Crippen molar-refractivity contribution in [2.45, 2.75) is 31.8 Å². The van der Waals surface area contributed by atoms with Gasteiger partial charge in [0.2, 0.25) is 0 Å². The van der Waals surface area contributed by atoms with Crippen LogP contribution >= 0.6 is 0 Å². The maximum atomic E-state index is 13.8. The van der Waals surface area contributed by atoms with Crippen LogP contribution in [0.3, 0.4) is 0 Å². The number of amides is 3. The first kappa shape index (κ1) is 24.9. The summed E-state index contributed by atoms with van der Waals surface area (Å²) in [5, 5.41) is 7.03. The molecule has 1 radical (unpaired) electrons. The van der Waals surface area contributed by atoms with Crippen LogP contribution in [0.1, 0.15) is 24.8 Å². The number of hydrogen-bond donors (Lipinski definition) is 2. The lowest BCUT2D eigenvalue weighted by molar-refractivity contribution is 0.113. The van der Waals surface area contributed by atoms with Gasteiger partial charge in [0.1, 0.15) is 12.4 Å². The second-order valence-electron chi connectivity index (χ2n) is 7.77. The van der Waals surface area contributed by atoms with Crippen molar-refractivity contribution in [1.29, 1.82) is 0 Å². The number of likely N-dealkylation sites (N-methyl/N-ethyl adjacent to an activating group) is 1. The van der Waals surface area contributed by atoms with Crippen LogP contribution in [-0.2, 0) is 11.3 Å². The average Bonchev–Trinajstić information content (AvgIpc) is 2.84. The fourth-order valence-electron chi connectivity index (χ4n) is 3.38. The van der Waals surface area contributed by atoms with Gasteiger partial charge < -0.3 is 15.0 Å². The smallest absolute Gasteiger partial charge is 0.412 e. The Hall–Kier alpha value is -3.75. The Morgan fingerprint density at radius 2 is 1.91 bits per heavy atom. The minimum atomic E-state index is -0.999. The summed E-state index contributed by atoms with van der Waals surface area (Å²) in [6, 6.07) is 12.2. The van der Waals surface area contributed by atoms with Gasteiger partial charge in [0.15, 0.2) is 11.6 Å². The largest absolute Gasteiger partial charge is 0.447 e. The normalized spacial score (nSPS) is 11.6. The molecule has 3 amide bonds. The van der Waals surface area contributed by atoms with E-state index >= 15 is 0 Å². The highest BCUT2D eigenvalue weighted by Gasteiger charge is 2.22. The number of carbonyl (C=O) groups is 2. The Kier molecular flexibility index (Phi) is 8.73. The molecule has 34 heavy (non-hydrogen) atoms. The number of carbonyl (C=O) groups excluding carboxylic acids is 2. The molecule has 0 saturated carbocycles. The molecule has 2 N–H and O–H groups in total. The maximum absolute atomic E-state index is 13.8. The molecule has 2 aromatic carbocycles. The Bertz CT molecular complexity index is 1140. The summed E-state index contributed by atoms with van der Waals surface area (Å²) in [6.07, 6.45) is 2.86. The van der Waals surface area contributed by atoms with Crippen LogP contribution in [0.2, 0.25) is 0 Å². The van der Waals surface area contributed by atoms with E-state index in [1.807, 2.05) is 24.3 Å². The van der Waals surface area contributed by atoms with Gasteiger partial charge in [0.25, 0.3) is 0 Å². The Labute approximate surface area is 197 Å².